The molecule has 26 heavy (non-hydrogen) atoms. The van der Waals surface area contributed by atoms with E-state index in [0.717, 1.165) is 24.7 Å². The summed E-state index contributed by atoms with van der Waals surface area (Å²) in [6.45, 7) is 6.56. The first kappa shape index (κ1) is 20.1. The Hall–Kier alpha value is -2.20. The molecule has 5 heteroatoms. The van der Waals surface area contributed by atoms with Gasteiger partial charge in [0.05, 0.1) is 0 Å². The summed E-state index contributed by atoms with van der Waals surface area (Å²) in [5.74, 6) is 1.37. The molecule has 1 amide bonds. The molecule has 3 rings (SSSR count). The number of hydrogen-bond acceptors (Lipinski definition) is 3. The van der Waals surface area contributed by atoms with Crippen molar-refractivity contribution in [3.63, 3.8) is 0 Å². The SMILES string of the molecule is Cc1ccc(OCC(=O)Nc2ccc(N3CCC(C)CC3)cc2)cc1.Cl. The lowest BCUT2D eigenvalue weighted by Gasteiger charge is -2.32. The number of piperidine rings is 1. The number of benzene rings is 2. The fourth-order valence-electron chi connectivity index (χ4n) is 3.00. The molecule has 1 N–H and O–H groups in total. The number of amides is 1. The van der Waals surface area contributed by atoms with Crippen molar-refractivity contribution in [3.8, 4) is 5.75 Å². The van der Waals surface area contributed by atoms with Gasteiger partial charge >= 0.3 is 0 Å². The topological polar surface area (TPSA) is 41.6 Å². The summed E-state index contributed by atoms with van der Waals surface area (Å²) < 4.78 is 5.50. The quantitative estimate of drug-likeness (QED) is 0.826. The predicted octanol–water partition coefficient (Wildman–Crippen LogP) is 4.67. The largest absolute Gasteiger partial charge is 0.484 e. The number of carbonyl (C=O) groups excluding carboxylic acids is 1. The van der Waals surface area contributed by atoms with Crippen LogP contribution in [0.2, 0.25) is 0 Å². The van der Waals surface area contributed by atoms with E-state index in [1.165, 1.54) is 24.1 Å². The van der Waals surface area contributed by atoms with Crippen LogP contribution in [0.1, 0.15) is 25.3 Å². The van der Waals surface area contributed by atoms with Gasteiger partial charge in [0, 0.05) is 24.5 Å². The second kappa shape index (κ2) is 9.48. The average molecular weight is 375 g/mol. The zero-order valence-corrected chi connectivity index (χ0v) is 16.2. The summed E-state index contributed by atoms with van der Waals surface area (Å²) >= 11 is 0. The number of anilines is 2. The Balaban J connectivity index is 0.00000243. The highest BCUT2D eigenvalue weighted by Gasteiger charge is 2.15. The molecule has 0 spiro atoms. The van der Waals surface area contributed by atoms with Crippen molar-refractivity contribution in [2.75, 3.05) is 29.9 Å². The van der Waals surface area contributed by atoms with Crippen molar-refractivity contribution in [2.24, 2.45) is 5.92 Å². The molecule has 1 aliphatic rings. The minimum atomic E-state index is -0.153. The van der Waals surface area contributed by atoms with E-state index in [1.807, 2.05) is 43.3 Å². The number of hydrogen-bond donors (Lipinski definition) is 1. The van der Waals surface area contributed by atoms with Gasteiger partial charge in [0.25, 0.3) is 5.91 Å². The van der Waals surface area contributed by atoms with Gasteiger partial charge in [0.1, 0.15) is 5.75 Å². The predicted molar refractivity (Wildman–Crippen MR) is 110 cm³/mol. The van der Waals surface area contributed by atoms with E-state index >= 15 is 0 Å². The van der Waals surface area contributed by atoms with Crippen molar-refractivity contribution in [1.29, 1.82) is 0 Å². The van der Waals surface area contributed by atoms with Crippen molar-refractivity contribution in [1.82, 2.24) is 0 Å². The van der Waals surface area contributed by atoms with Crippen LogP contribution in [0.5, 0.6) is 5.75 Å². The summed E-state index contributed by atoms with van der Waals surface area (Å²) in [4.78, 5) is 14.4. The third-order valence-corrected chi connectivity index (χ3v) is 4.69. The average Bonchev–Trinajstić information content (AvgIpc) is 2.63. The molecule has 0 atom stereocenters. The number of nitrogens with zero attached hydrogens (tertiary/aromatic N) is 1. The molecule has 1 heterocycles. The first-order valence-corrected chi connectivity index (χ1v) is 8.94. The molecule has 0 aliphatic carbocycles. The third kappa shape index (κ3) is 5.67. The van der Waals surface area contributed by atoms with Crippen molar-refractivity contribution in [2.45, 2.75) is 26.7 Å². The van der Waals surface area contributed by atoms with Crippen molar-refractivity contribution >= 4 is 29.7 Å². The van der Waals surface area contributed by atoms with Crippen LogP contribution in [0, 0.1) is 12.8 Å². The molecule has 0 aromatic heterocycles. The van der Waals surface area contributed by atoms with E-state index in [9.17, 15) is 4.79 Å². The van der Waals surface area contributed by atoms with Gasteiger partial charge in [-0.1, -0.05) is 24.6 Å². The number of carbonyl (C=O) groups is 1. The standard InChI is InChI=1S/C21H26N2O2.ClH/c1-16-3-9-20(10-4-16)25-15-21(24)22-18-5-7-19(8-6-18)23-13-11-17(2)12-14-23;/h3-10,17H,11-15H2,1-2H3,(H,22,24);1H. The second-order valence-electron chi connectivity index (χ2n) is 6.87. The van der Waals surface area contributed by atoms with Gasteiger partial charge in [0.15, 0.2) is 6.61 Å². The molecule has 140 valence electrons. The molecule has 0 saturated carbocycles. The second-order valence-corrected chi connectivity index (χ2v) is 6.87. The monoisotopic (exact) mass is 374 g/mol. The molecular weight excluding hydrogens is 348 g/mol. The Labute approximate surface area is 162 Å². The first-order valence-electron chi connectivity index (χ1n) is 8.94. The van der Waals surface area contributed by atoms with Crippen LogP contribution >= 0.6 is 12.4 Å². The van der Waals surface area contributed by atoms with E-state index < -0.39 is 0 Å². The van der Waals surface area contributed by atoms with Gasteiger partial charge in [-0.25, -0.2) is 0 Å². The van der Waals surface area contributed by atoms with Gasteiger partial charge in [-0.05, 0) is 62.1 Å². The Morgan fingerprint density at radius 2 is 1.69 bits per heavy atom. The summed E-state index contributed by atoms with van der Waals surface area (Å²) in [7, 11) is 0. The van der Waals surface area contributed by atoms with Gasteiger partial charge in [-0.3, -0.25) is 4.79 Å². The molecule has 0 radical (unpaired) electrons. The number of rotatable bonds is 5. The van der Waals surface area contributed by atoms with Crippen molar-refractivity contribution in [3.05, 3.63) is 54.1 Å². The van der Waals surface area contributed by atoms with Gasteiger partial charge < -0.3 is 15.0 Å². The summed E-state index contributed by atoms with van der Waals surface area (Å²) in [5.41, 5.74) is 3.19. The lowest BCUT2D eigenvalue weighted by molar-refractivity contribution is -0.118. The van der Waals surface area contributed by atoms with Crippen LogP contribution in [0.25, 0.3) is 0 Å². The minimum absolute atomic E-state index is 0. The van der Waals surface area contributed by atoms with E-state index in [1.54, 1.807) is 0 Å². The Bertz CT molecular complexity index is 693. The third-order valence-electron chi connectivity index (χ3n) is 4.69. The molecular formula is C21H27ClN2O2. The Morgan fingerprint density at radius 3 is 2.31 bits per heavy atom. The summed E-state index contributed by atoms with van der Waals surface area (Å²) in [6, 6.07) is 15.7. The molecule has 1 aliphatic heterocycles. The molecule has 1 fully saturated rings. The van der Waals surface area contributed by atoms with Gasteiger partial charge in [-0.15, -0.1) is 12.4 Å². The van der Waals surface area contributed by atoms with Crippen LogP contribution in [0.3, 0.4) is 0 Å². The molecule has 4 nitrogen and oxygen atoms in total. The van der Waals surface area contributed by atoms with E-state index in [0.29, 0.717) is 5.75 Å². The van der Waals surface area contributed by atoms with Gasteiger partial charge in [0.2, 0.25) is 0 Å². The molecule has 0 unspecified atom stereocenters. The molecule has 1 saturated heterocycles. The zero-order valence-electron chi connectivity index (χ0n) is 15.4. The maximum Gasteiger partial charge on any atom is 0.262 e. The highest BCUT2D eigenvalue weighted by atomic mass is 35.5. The number of ether oxygens (including phenoxy) is 1. The Kier molecular flexibility index (Phi) is 7.34. The van der Waals surface area contributed by atoms with Crippen LogP contribution < -0.4 is 15.0 Å². The fraction of sp³-hybridized carbons (Fsp3) is 0.381. The maximum absolute atomic E-state index is 12.0. The van der Waals surface area contributed by atoms with E-state index in [2.05, 4.69) is 29.3 Å². The van der Waals surface area contributed by atoms with Crippen LogP contribution in [-0.4, -0.2) is 25.6 Å². The molecule has 2 aromatic rings. The zero-order chi connectivity index (χ0) is 17.6. The minimum Gasteiger partial charge on any atom is -0.484 e. The highest BCUT2D eigenvalue weighted by Crippen LogP contribution is 2.24. The molecule has 0 bridgehead atoms. The lowest BCUT2D eigenvalue weighted by atomic mass is 9.99. The molecule has 2 aromatic carbocycles. The summed E-state index contributed by atoms with van der Waals surface area (Å²) in [5, 5.41) is 2.88. The normalized spacial score (nSPS) is 14.5. The number of aryl methyl sites for hydroxylation is 1. The number of halogens is 1. The van der Waals surface area contributed by atoms with Crippen LogP contribution in [-0.2, 0) is 4.79 Å². The lowest BCUT2D eigenvalue weighted by Crippen LogP contribution is -2.32. The smallest absolute Gasteiger partial charge is 0.262 e. The van der Waals surface area contributed by atoms with Gasteiger partial charge in [-0.2, -0.15) is 0 Å². The fourth-order valence-corrected chi connectivity index (χ4v) is 3.00. The van der Waals surface area contributed by atoms with Crippen LogP contribution in [0.15, 0.2) is 48.5 Å². The van der Waals surface area contributed by atoms with E-state index in [4.69, 9.17) is 4.74 Å². The summed E-state index contributed by atoms with van der Waals surface area (Å²) in [6.07, 6.45) is 2.49. The number of nitrogens with one attached hydrogen (secondary N) is 1. The Morgan fingerprint density at radius 1 is 1.08 bits per heavy atom. The van der Waals surface area contributed by atoms with E-state index in [-0.39, 0.29) is 24.9 Å². The highest BCUT2D eigenvalue weighted by molar-refractivity contribution is 5.92. The van der Waals surface area contributed by atoms with Crippen molar-refractivity contribution < 1.29 is 9.53 Å². The van der Waals surface area contributed by atoms with Crippen LogP contribution in [0.4, 0.5) is 11.4 Å². The first-order chi connectivity index (χ1) is 12.1. The maximum atomic E-state index is 12.0.